The summed E-state index contributed by atoms with van der Waals surface area (Å²) >= 11 is 0. The summed E-state index contributed by atoms with van der Waals surface area (Å²) in [4.78, 5) is 14.1. The van der Waals surface area contributed by atoms with E-state index in [0.29, 0.717) is 13.2 Å². The van der Waals surface area contributed by atoms with Gasteiger partial charge in [-0.25, -0.2) is 9.98 Å². The lowest BCUT2D eigenvalue weighted by atomic mass is 10.2. The van der Waals surface area contributed by atoms with Gasteiger partial charge in [0.2, 0.25) is 0 Å². The summed E-state index contributed by atoms with van der Waals surface area (Å²) in [6, 6.07) is 4.41. The quantitative estimate of drug-likeness (QED) is 0.330. The second-order valence-corrected chi connectivity index (χ2v) is 6.64. The van der Waals surface area contributed by atoms with Crippen molar-refractivity contribution in [3.05, 3.63) is 23.9 Å². The first-order chi connectivity index (χ1) is 12.7. The Morgan fingerprint density at radius 2 is 2.04 bits per heavy atom. The number of ether oxygens (including phenoxy) is 1. The van der Waals surface area contributed by atoms with Crippen molar-refractivity contribution in [2.24, 2.45) is 4.99 Å². The van der Waals surface area contributed by atoms with Crippen molar-refractivity contribution in [2.45, 2.75) is 33.4 Å². The summed E-state index contributed by atoms with van der Waals surface area (Å²) < 4.78 is 5.18. The average molecular weight is 490 g/mol. The molecule has 7 nitrogen and oxygen atoms in total. The molecule has 8 heteroatoms. The maximum Gasteiger partial charge on any atom is 0.191 e. The monoisotopic (exact) mass is 490 g/mol. The van der Waals surface area contributed by atoms with E-state index in [9.17, 15) is 0 Å². The Morgan fingerprint density at radius 1 is 1.30 bits per heavy atom. The summed E-state index contributed by atoms with van der Waals surface area (Å²) in [6.45, 7) is 13.9. The van der Waals surface area contributed by atoms with E-state index in [0.717, 1.165) is 51.0 Å². The number of halogens is 1. The molecule has 0 aliphatic carbocycles. The average Bonchev–Trinajstić information content (AvgIpc) is 2.67. The second-order valence-electron chi connectivity index (χ2n) is 6.64. The fourth-order valence-electron chi connectivity index (χ4n) is 3.04. The molecule has 1 aromatic heterocycles. The molecule has 1 unspecified atom stereocenters. The van der Waals surface area contributed by atoms with Gasteiger partial charge in [0.1, 0.15) is 5.82 Å². The van der Waals surface area contributed by atoms with Crippen molar-refractivity contribution in [3.63, 3.8) is 0 Å². The van der Waals surface area contributed by atoms with Gasteiger partial charge in [-0.1, -0.05) is 6.92 Å². The minimum atomic E-state index is 0. The van der Waals surface area contributed by atoms with E-state index < -0.39 is 0 Å². The topological polar surface area (TPSA) is 65.0 Å². The molecule has 1 aliphatic rings. The van der Waals surface area contributed by atoms with Crippen LogP contribution in [-0.4, -0.2) is 74.9 Å². The Morgan fingerprint density at radius 3 is 2.67 bits per heavy atom. The number of pyridine rings is 1. The molecule has 0 aromatic carbocycles. The van der Waals surface area contributed by atoms with E-state index in [1.54, 1.807) is 7.11 Å². The SMILES string of the molecule is CCNC(=NCc1ccnc(N2CCN(CC)CC2)c1)NC(C)COC.I. The van der Waals surface area contributed by atoms with Gasteiger partial charge in [0.05, 0.1) is 13.2 Å². The first kappa shape index (κ1) is 23.9. The number of nitrogens with zero attached hydrogens (tertiary/aromatic N) is 4. The molecule has 1 saturated heterocycles. The Bertz CT molecular complexity index is 563. The molecule has 2 rings (SSSR count). The second kappa shape index (κ2) is 13.1. The van der Waals surface area contributed by atoms with E-state index >= 15 is 0 Å². The summed E-state index contributed by atoms with van der Waals surface area (Å²) in [7, 11) is 1.71. The fraction of sp³-hybridized carbons (Fsp3) is 0.684. The van der Waals surface area contributed by atoms with Gasteiger partial charge in [0, 0.05) is 52.1 Å². The first-order valence-electron chi connectivity index (χ1n) is 9.62. The number of likely N-dealkylation sites (N-methyl/N-ethyl adjacent to an activating group) is 1. The van der Waals surface area contributed by atoms with Crippen LogP contribution >= 0.6 is 24.0 Å². The van der Waals surface area contributed by atoms with Gasteiger partial charge >= 0.3 is 0 Å². The minimum Gasteiger partial charge on any atom is -0.383 e. The lowest BCUT2D eigenvalue weighted by molar-refractivity contribution is 0.179. The van der Waals surface area contributed by atoms with Gasteiger partial charge in [-0.2, -0.15) is 0 Å². The molecular weight excluding hydrogens is 455 g/mol. The van der Waals surface area contributed by atoms with E-state index in [-0.39, 0.29) is 30.0 Å². The standard InChI is InChI=1S/C19H34N6O.HI/c1-5-20-19(23-16(3)15-26-4)22-14-17-7-8-21-18(13-17)25-11-9-24(6-2)10-12-25;/h7-8,13,16H,5-6,9-12,14-15H2,1-4H3,(H2,20,22,23);1H. The molecule has 0 spiro atoms. The molecule has 2 N–H and O–H groups in total. The molecule has 154 valence electrons. The predicted molar refractivity (Wildman–Crippen MR) is 123 cm³/mol. The molecule has 27 heavy (non-hydrogen) atoms. The van der Waals surface area contributed by atoms with Crippen molar-refractivity contribution in [3.8, 4) is 0 Å². The summed E-state index contributed by atoms with van der Waals surface area (Å²) in [5, 5.41) is 6.64. The number of hydrogen-bond acceptors (Lipinski definition) is 5. The zero-order valence-corrected chi connectivity index (χ0v) is 19.4. The molecular formula is C19H35IN6O. The fourth-order valence-corrected chi connectivity index (χ4v) is 3.04. The van der Waals surface area contributed by atoms with Gasteiger partial charge in [-0.05, 0) is 38.1 Å². The predicted octanol–water partition coefficient (Wildman–Crippen LogP) is 1.93. The molecule has 1 fully saturated rings. The van der Waals surface area contributed by atoms with Crippen LogP contribution in [0.25, 0.3) is 0 Å². The van der Waals surface area contributed by atoms with Gasteiger partial charge in [0.15, 0.2) is 5.96 Å². The molecule has 1 aliphatic heterocycles. The van der Waals surface area contributed by atoms with Crippen LogP contribution in [0, 0.1) is 0 Å². The van der Waals surface area contributed by atoms with Gasteiger partial charge in [-0.3, -0.25) is 0 Å². The number of methoxy groups -OCH3 is 1. The number of aliphatic imine (C=N–C) groups is 1. The molecule has 0 saturated carbocycles. The molecule has 1 atom stereocenters. The van der Waals surface area contributed by atoms with E-state index in [2.05, 4.69) is 52.3 Å². The Labute approximate surface area is 181 Å². The highest BCUT2D eigenvalue weighted by molar-refractivity contribution is 14.0. The van der Waals surface area contributed by atoms with Crippen LogP contribution in [0.3, 0.4) is 0 Å². The van der Waals surface area contributed by atoms with E-state index in [1.807, 2.05) is 12.3 Å². The highest BCUT2D eigenvalue weighted by Gasteiger charge is 2.16. The summed E-state index contributed by atoms with van der Waals surface area (Å²) in [6.07, 6.45) is 1.89. The molecule has 2 heterocycles. The van der Waals surface area contributed by atoms with Gasteiger partial charge in [0.25, 0.3) is 0 Å². The zero-order chi connectivity index (χ0) is 18.8. The number of piperazine rings is 1. The van der Waals surface area contributed by atoms with Crippen LogP contribution < -0.4 is 15.5 Å². The smallest absolute Gasteiger partial charge is 0.191 e. The number of guanidine groups is 1. The van der Waals surface area contributed by atoms with E-state index in [4.69, 9.17) is 9.73 Å². The lowest BCUT2D eigenvalue weighted by Crippen LogP contribution is -2.46. The number of rotatable bonds is 8. The largest absolute Gasteiger partial charge is 0.383 e. The molecule has 0 amide bonds. The normalized spacial score (nSPS) is 16.6. The lowest BCUT2D eigenvalue weighted by Gasteiger charge is -2.34. The maximum absolute atomic E-state index is 5.18. The van der Waals surface area contributed by atoms with Crippen LogP contribution in [0.2, 0.25) is 0 Å². The molecule has 0 radical (unpaired) electrons. The third kappa shape index (κ3) is 8.18. The zero-order valence-electron chi connectivity index (χ0n) is 17.1. The third-order valence-corrected chi connectivity index (χ3v) is 4.52. The summed E-state index contributed by atoms with van der Waals surface area (Å²) in [5.74, 6) is 1.87. The van der Waals surface area contributed by atoms with Crippen molar-refractivity contribution in [1.29, 1.82) is 0 Å². The van der Waals surface area contributed by atoms with Gasteiger partial charge < -0.3 is 25.2 Å². The summed E-state index contributed by atoms with van der Waals surface area (Å²) in [5.41, 5.74) is 1.17. The maximum atomic E-state index is 5.18. The highest BCUT2D eigenvalue weighted by Crippen LogP contribution is 2.15. The number of hydrogen-bond donors (Lipinski definition) is 2. The van der Waals surface area contributed by atoms with Crippen molar-refractivity contribution in [2.75, 3.05) is 57.9 Å². The number of anilines is 1. The van der Waals surface area contributed by atoms with Crippen molar-refractivity contribution in [1.82, 2.24) is 20.5 Å². The highest BCUT2D eigenvalue weighted by atomic mass is 127. The molecule has 0 bridgehead atoms. The molecule has 1 aromatic rings. The van der Waals surface area contributed by atoms with Crippen LogP contribution in [0.5, 0.6) is 0 Å². The first-order valence-corrected chi connectivity index (χ1v) is 9.62. The van der Waals surface area contributed by atoms with Crippen LogP contribution in [0.4, 0.5) is 5.82 Å². The van der Waals surface area contributed by atoms with Crippen LogP contribution in [0.1, 0.15) is 26.3 Å². The van der Waals surface area contributed by atoms with Crippen LogP contribution in [-0.2, 0) is 11.3 Å². The van der Waals surface area contributed by atoms with Crippen molar-refractivity contribution < 1.29 is 4.74 Å². The van der Waals surface area contributed by atoms with Gasteiger partial charge in [-0.15, -0.1) is 24.0 Å². The van der Waals surface area contributed by atoms with Crippen LogP contribution in [0.15, 0.2) is 23.3 Å². The minimum absolute atomic E-state index is 0. The number of aromatic nitrogens is 1. The number of nitrogens with one attached hydrogen (secondary N) is 2. The third-order valence-electron chi connectivity index (χ3n) is 4.52. The van der Waals surface area contributed by atoms with E-state index in [1.165, 1.54) is 5.56 Å². The Hall–Kier alpha value is -1.13. The Kier molecular flexibility index (Phi) is 11.6. The Balaban J connectivity index is 0.00000364. The van der Waals surface area contributed by atoms with Crippen molar-refractivity contribution >= 4 is 35.8 Å².